The van der Waals surface area contributed by atoms with Crippen LogP contribution in [-0.4, -0.2) is 10.9 Å². The monoisotopic (exact) mass is 402 g/mol. The number of carbonyl (C=O) groups excluding carboxylic acids is 1. The van der Waals surface area contributed by atoms with Gasteiger partial charge in [0.1, 0.15) is 23.1 Å². The van der Waals surface area contributed by atoms with E-state index < -0.39 is 0 Å². The van der Waals surface area contributed by atoms with Gasteiger partial charge in [0.2, 0.25) is 0 Å². The van der Waals surface area contributed by atoms with E-state index in [1.54, 1.807) is 6.07 Å². The predicted molar refractivity (Wildman–Crippen MR) is 86.6 cm³/mol. The third-order valence-corrected chi connectivity index (χ3v) is 3.85. The Kier molecular flexibility index (Phi) is 4.88. The van der Waals surface area contributed by atoms with Crippen LogP contribution >= 0.6 is 34.2 Å². The Morgan fingerprint density at radius 1 is 1.25 bits per heavy atom. The van der Waals surface area contributed by atoms with Gasteiger partial charge in [-0.3, -0.25) is 4.79 Å². The Morgan fingerprint density at radius 3 is 2.50 bits per heavy atom. The predicted octanol–water partition coefficient (Wildman–Crippen LogP) is 4.43. The number of rotatable bonds is 4. The molecule has 3 nitrogen and oxygen atoms in total. The molecule has 5 heteroatoms. The third-order valence-electron chi connectivity index (χ3n) is 2.77. The van der Waals surface area contributed by atoms with Crippen LogP contribution in [0.25, 0.3) is 0 Å². The summed E-state index contributed by atoms with van der Waals surface area (Å²) >= 11 is 8.23. The number of hydrogen-bond donors (Lipinski definition) is 1. The highest BCUT2D eigenvalue weighted by Gasteiger charge is 2.14. The molecule has 0 saturated heterocycles. The van der Waals surface area contributed by atoms with Crippen LogP contribution in [0.1, 0.15) is 22.8 Å². The van der Waals surface area contributed by atoms with Crippen LogP contribution in [0.4, 0.5) is 0 Å². The Morgan fingerprint density at radius 2 is 1.90 bits per heavy atom. The van der Waals surface area contributed by atoms with E-state index in [0.717, 1.165) is 9.13 Å². The van der Waals surface area contributed by atoms with E-state index in [2.05, 4.69) is 22.6 Å². The topological polar surface area (TPSA) is 46.5 Å². The summed E-state index contributed by atoms with van der Waals surface area (Å²) in [6.07, 6.45) is 0. The second-order valence-electron chi connectivity index (χ2n) is 4.25. The molecule has 0 atom stereocenters. The minimum atomic E-state index is -0.242. The van der Waals surface area contributed by atoms with Crippen molar-refractivity contribution >= 4 is 40.0 Å². The van der Waals surface area contributed by atoms with E-state index in [-0.39, 0.29) is 22.1 Å². The van der Waals surface area contributed by atoms with Crippen molar-refractivity contribution < 1.29 is 14.6 Å². The Balaban J connectivity index is 2.16. The van der Waals surface area contributed by atoms with Crippen LogP contribution in [0.15, 0.2) is 36.4 Å². The van der Waals surface area contributed by atoms with E-state index in [0.29, 0.717) is 12.4 Å². The molecule has 2 rings (SSSR count). The van der Waals surface area contributed by atoms with Crippen molar-refractivity contribution in [1.82, 2.24) is 0 Å². The number of carbonyl (C=O) groups is 1. The summed E-state index contributed by atoms with van der Waals surface area (Å²) in [5.41, 5.74) is 1.19. The van der Waals surface area contributed by atoms with Gasteiger partial charge in [-0.25, -0.2) is 0 Å². The van der Waals surface area contributed by atoms with E-state index >= 15 is 0 Å². The number of Topliss-reactive ketones (excluding diaryl/α,β-unsaturated/α-hetero) is 1. The fourth-order valence-corrected chi connectivity index (χ4v) is 2.26. The van der Waals surface area contributed by atoms with Gasteiger partial charge < -0.3 is 9.84 Å². The van der Waals surface area contributed by atoms with E-state index in [1.807, 2.05) is 24.3 Å². The standard InChI is InChI=1S/C15H12ClIO3/c1-9(18)12-6-7-13(14(16)15(12)19)20-8-10-2-4-11(17)5-3-10/h2-7,19H,8H2,1H3. The van der Waals surface area contributed by atoms with E-state index in [9.17, 15) is 9.90 Å². The highest BCUT2D eigenvalue weighted by Crippen LogP contribution is 2.36. The van der Waals surface area contributed by atoms with Gasteiger partial charge in [0.25, 0.3) is 0 Å². The Labute approximate surface area is 135 Å². The minimum absolute atomic E-state index is 0.0585. The molecule has 0 radical (unpaired) electrons. The first-order valence-electron chi connectivity index (χ1n) is 5.88. The molecule has 0 aliphatic carbocycles. The molecule has 0 unspecified atom stereocenters. The van der Waals surface area contributed by atoms with Crippen LogP contribution in [0.2, 0.25) is 5.02 Å². The maximum atomic E-state index is 11.3. The number of hydrogen-bond acceptors (Lipinski definition) is 3. The van der Waals surface area contributed by atoms with Gasteiger partial charge >= 0.3 is 0 Å². The summed E-state index contributed by atoms with van der Waals surface area (Å²) in [4.78, 5) is 11.3. The number of aromatic hydroxyl groups is 1. The quantitative estimate of drug-likeness (QED) is 0.608. The van der Waals surface area contributed by atoms with Crippen molar-refractivity contribution in [2.24, 2.45) is 0 Å². The molecule has 104 valence electrons. The molecule has 20 heavy (non-hydrogen) atoms. The molecule has 0 heterocycles. The minimum Gasteiger partial charge on any atom is -0.505 e. The number of ether oxygens (including phenoxy) is 1. The fraction of sp³-hybridized carbons (Fsp3) is 0.133. The SMILES string of the molecule is CC(=O)c1ccc(OCc2ccc(I)cc2)c(Cl)c1O. The summed E-state index contributed by atoms with van der Waals surface area (Å²) in [5.74, 6) is -0.124. The first-order chi connectivity index (χ1) is 9.49. The zero-order valence-corrected chi connectivity index (χ0v) is 13.6. The van der Waals surface area contributed by atoms with Crippen molar-refractivity contribution in [3.63, 3.8) is 0 Å². The van der Waals surface area contributed by atoms with Gasteiger partial charge in [0, 0.05) is 3.57 Å². The summed E-state index contributed by atoms with van der Waals surface area (Å²) in [6.45, 7) is 1.72. The highest BCUT2D eigenvalue weighted by atomic mass is 127. The van der Waals surface area contributed by atoms with Gasteiger partial charge in [-0.15, -0.1) is 0 Å². The van der Waals surface area contributed by atoms with Crippen LogP contribution < -0.4 is 4.74 Å². The summed E-state index contributed by atoms with van der Waals surface area (Å²) in [5, 5.41) is 9.91. The van der Waals surface area contributed by atoms with Crippen molar-refractivity contribution in [3.8, 4) is 11.5 Å². The van der Waals surface area contributed by atoms with Gasteiger partial charge in [-0.1, -0.05) is 23.7 Å². The second-order valence-corrected chi connectivity index (χ2v) is 5.87. The normalized spacial score (nSPS) is 10.3. The van der Waals surface area contributed by atoms with Crippen molar-refractivity contribution in [3.05, 3.63) is 56.1 Å². The molecule has 1 N–H and O–H groups in total. The first-order valence-corrected chi connectivity index (χ1v) is 7.34. The largest absolute Gasteiger partial charge is 0.505 e. The van der Waals surface area contributed by atoms with Crippen molar-refractivity contribution in [1.29, 1.82) is 0 Å². The fourth-order valence-electron chi connectivity index (χ4n) is 1.68. The zero-order valence-electron chi connectivity index (χ0n) is 10.7. The Hall–Kier alpha value is -1.27. The maximum absolute atomic E-state index is 11.3. The molecule has 0 aliphatic rings. The lowest BCUT2D eigenvalue weighted by atomic mass is 10.1. The number of phenolic OH excluding ortho intramolecular Hbond substituents is 1. The number of halogens is 2. The van der Waals surface area contributed by atoms with E-state index in [1.165, 1.54) is 13.0 Å². The third kappa shape index (κ3) is 3.43. The molecule has 0 bridgehead atoms. The molecule has 2 aromatic rings. The first kappa shape index (κ1) is 15.1. The molecular weight excluding hydrogens is 391 g/mol. The molecule has 0 fully saturated rings. The van der Waals surface area contributed by atoms with E-state index in [4.69, 9.17) is 16.3 Å². The number of benzene rings is 2. The molecule has 0 aromatic heterocycles. The van der Waals surface area contributed by atoms with Crippen molar-refractivity contribution in [2.75, 3.05) is 0 Å². The van der Waals surface area contributed by atoms with Crippen LogP contribution in [-0.2, 0) is 6.61 Å². The molecule has 0 aliphatic heterocycles. The Bertz CT molecular complexity index is 638. The molecular formula is C15H12ClIO3. The summed E-state index contributed by atoms with van der Waals surface area (Å²) < 4.78 is 6.72. The maximum Gasteiger partial charge on any atom is 0.163 e. The highest BCUT2D eigenvalue weighted by molar-refractivity contribution is 14.1. The molecule has 0 amide bonds. The zero-order chi connectivity index (χ0) is 14.7. The summed E-state index contributed by atoms with van der Waals surface area (Å²) in [7, 11) is 0. The lowest BCUT2D eigenvalue weighted by Crippen LogP contribution is -1.98. The smallest absolute Gasteiger partial charge is 0.163 e. The van der Waals surface area contributed by atoms with Gasteiger partial charge in [-0.05, 0) is 59.3 Å². The van der Waals surface area contributed by atoms with Crippen LogP contribution in [0, 0.1) is 3.57 Å². The van der Waals surface area contributed by atoms with Crippen LogP contribution in [0.5, 0.6) is 11.5 Å². The molecule has 0 saturated carbocycles. The lowest BCUT2D eigenvalue weighted by molar-refractivity contribution is 0.101. The average molecular weight is 403 g/mol. The molecule has 0 spiro atoms. The van der Waals surface area contributed by atoms with Crippen LogP contribution in [0.3, 0.4) is 0 Å². The van der Waals surface area contributed by atoms with Gasteiger partial charge in [0.15, 0.2) is 5.78 Å². The average Bonchev–Trinajstić information content (AvgIpc) is 2.42. The van der Waals surface area contributed by atoms with Gasteiger partial charge in [-0.2, -0.15) is 0 Å². The molecule has 2 aromatic carbocycles. The van der Waals surface area contributed by atoms with Gasteiger partial charge in [0.05, 0.1) is 5.56 Å². The number of phenols is 1. The number of ketones is 1. The summed E-state index contributed by atoms with van der Waals surface area (Å²) in [6, 6.07) is 11.0. The second kappa shape index (κ2) is 6.45. The lowest BCUT2D eigenvalue weighted by Gasteiger charge is -2.11. The van der Waals surface area contributed by atoms with Crippen molar-refractivity contribution in [2.45, 2.75) is 13.5 Å².